The summed E-state index contributed by atoms with van der Waals surface area (Å²) in [5.41, 5.74) is 1.38. The van der Waals surface area contributed by atoms with Crippen molar-refractivity contribution in [3.05, 3.63) is 29.8 Å². The van der Waals surface area contributed by atoms with E-state index in [1.54, 1.807) is 12.1 Å². The highest BCUT2D eigenvalue weighted by Gasteiger charge is 2.24. The first-order valence-electron chi connectivity index (χ1n) is 8.05. The van der Waals surface area contributed by atoms with Crippen molar-refractivity contribution in [1.82, 2.24) is 10.2 Å². The molecule has 0 radical (unpaired) electrons. The van der Waals surface area contributed by atoms with Crippen LogP contribution >= 0.6 is 23.1 Å². The summed E-state index contributed by atoms with van der Waals surface area (Å²) < 4.78 is 26.5. The van der Waals surface area contributed by atoms with Crippen molar-refractivity contribution in [2.45, 2.75) is 31.0 Å². The van der Waals surface area contributed by atoms with Crippen molar-refractivity contribution < 1.29 is 13.2 Å². The molecule has 1 amide bonds. The summed E-state index contributed by atoms with van der Waals surface area (Å²) in [5, 5.41) is 10.9. The van der Waals surface area contributed by atoms with Crippen LogP contribution in [0.3, 0.4) is 0 Å². The Morgan fingerprint density at radius 1 is 1.31 bits per heavy atom. The SMILES string of the molecule is CCSc1nnc(NC(=O)CN(c2ccccc2C(C)C)S(C)(=O)=O)s1. The highest BCUT2D eigenvalue weighted by molar-refractivity contribution is 8.01. The number of aromatic nitrogens is 2. The number of rotatable bonds is 8. The normalized spacial score (nSPS) is 11.6. The Balaban J connectivity index is 2.22. The molecule has 0 aliphatic heterocycles. The molecule has 2 rings (SSSR count). The number of thioether (sulfide) groups is 1. The molecule has 0 atom stereocenters. The first-order valence-corrected chi connectivity index (χ1v) is 11.7. The molecular formula is C16H22N4O3S3. The number of sulfonamides is 1. The van der Waals surface area contributed by atoms with Gasteiger partial charge in [0.2, 0.25) is 21.1 Å². The van der Waals surface area contributed by atoms with E-state index in [1.807, 2.05) is 32.9 Å². The molecule has 142 valence electrons. The summed E-state index contributed by atoms with van der Waals surface area (Å²) in [4.78, 5) is 12.4. The number of para-hydroxylation sites is 1. The lowest BCUT2D eigenvalue weighted by Gasteiger charge is -2.25. The minimum Gasteiger partial charge on any atom is -0.299 e. The van der Waals surface area contributed by atoms with Gasteiger partial charge in [-0.05, 0) is 23.3 Å². The number of nitrogens with zero attached hydrogens (tertiary/aromatic N) is 3. The van der Waals surface area contributed by atoms with E-state index in [0.29, 0.717) is 10.8 Å². The maximum absolute atomic E-state index is 12.4. The molecule has 7 nitrogen and oxygen atoms in total. The molecular weight excluding hydrogens is 392 g/mol. The van der Waals surface area contributed by atoms with Gasteiger partial charge in [0.15, 0.2) is 4.34 Å². The fourth-order valence-electron chi connectivity index (χ4n) is 2.32. The standard InChI is InChI=1S/C16H22N4O3S3/c1-5-24-16-19-18-15(25-16)17-14(21)10-20(26(4,22)23)13-9-7-6-8-12(13)11(2)3/h6-9,11H,5,10H2,1-4H3,(H,17,18,21). The number of benzene rings is 1. The van der Waals surface area contributed by atoms with Crippen molar-refractivity contribution >= 4 is 49.8 Å². The average molecular weight is 415 g/mol. The molecule has 2 aromatic rings. The molecule has 0 fully saturated rings. The summed E-state index contributed by atoms with van der Waals surface area (Å²) in [6, 6.07) is 7.20. The third kappa shape index (κ3) is 5.42. The van der Waals surface area contributed by atoms with Crippen LogP contribution in [0.4, 0.5) is 10.8 Å². The van der Waals surface area contributed by atoms with Gasteiger partial charge >= 0.3 is 0 Å². The quantitative estimate of drug-likeness (QED) is 0.527. The smallest absolute Gasteiger partial charge is 0.246 e. The molecule has 1 aromatic carbocycles. The van der Waals surface area contributed by atoms with Crippen molar-refractivity contribution in [2.24, 2.45) is 0 Å². The molecule has 26 heavy (non-hydrogen) atoms. The van der Waals surface area contributed by atoms with Crippen LogP contribution in [0.25, 0.3) is 0 Å². The summed E-state index contributed by atoms with van der Waals surface area (Å²) in [5.74, 6) is 0.518. The number of carbonyl (C=O) groups excluding carboxylic acids is 1. The van der Waals surface area contributed by atoms with Gasteiger partial charge in [-0.15, -0.1) is 10.2 Å². The van der Waals surface area contributed by atoms with Gasteiger partial charge in [0, 0.05) is 0 Å². The zero-order valence-corrected chi connectivity index (χ0v) is 17.5. The summed E-state index contributed by atoms with van der Waals surface area (Å²) in [6.07, 6.45) is 1.10. The Kier molecular flexibility index (Phi) is 7.01. The number of anilines is 2. The van der Waals surface area contributed by atoms with E-state index in [1.165, 1.54) is 23.1 Å². The summed E-state index contributed by atoms with van der Waals surface area (Å²) in [7, 11) is -3.63. The fraction of sp³-hybridized carbons (Fsp3) is 0.438. The molecule has 0 unspecified atom stereocenters. The van der Waals surface area contributed by atoms with Crippen LogP contribution < -0.4 is 9.62 Å². The first-order chi connectivity index (χ1) is 12.2. The van der Waals surface area contributed by atoms with Gasteiger partial charge in [-0.2, -0.15) is 0 Å². The summed E-state index contributed by atoms with van der Waals surface area (Å²) in [6.45, 7) is 5.64. The van der Waals surface area contributed by atoms with E-state index in [4.69, 9.17) is 0 Å². The van der Waals surface area contributed by atoms with Crippen LogP contribution in [0, 0.1) is 0 Å². The van der Waals surface area contributed by atoms with Gasteiger partial charge in [-0.1, -0.05) is 62.1 Å². The van der Waals surface area contributed by atoms with E-state index < -0.39 is 15.9 Å². The molecule has 1 aromatic heterocycles. The minimum atomic E-state index is -3.63. The lowest BCUT2D eigenvalue weighted by Crippen LogP contribution is -2.38. The molecule has 1 N–H and O–H groups in total. The lowest BCUT2D eigenvalue weighted by atomic mass is 10.0. The predicted molar refractivity (Wildman–Crippen MR) is 108 cm³/mol. The maximum Gasteiger partial charge on any atom is 0.246 e. The first kappa shape index (κ1) is 20.7. The van der Waals surface area contributed by atoms with Crippen molar-refractivity contribution in [3.63, 3.8) is 0 Å². The average Bonchev–Trinajstić information content (AvgIpc) is 2.99. The number of amides is 1. The van der Waals surface area contributed by atoms with Gasteiger partial charge in [-0.3, -0.25) is 14.4 Å². The van der Waals surface area contributed by atoms with Gasteiger partial charge in [0.25, 0.3) is 0 Å². The second-order valence-corrected chi connectivity index (χ2v) is 10.2. The zero-order chi connectivity index (χ0) is 19.3. The monoisotopic (exact) mass is 414 g/mol. The Bertz CT molecular complexity index is 865. The van der Waals surface area contributed by atoms with E-state index in [0.717, 1.165) is 26.2 Å². The molecule has 0 saturated carbocycles. The van der Waals surface area contributed by atoms with Crippen molar-refractivity contribution in [1.29, 1.82) is 0 Å². The minimum absolute atomic E-state index is 0.121. The Morgan fingerprint density at radius 2 is 2.00 bits per heavy atom. The third-order valence-electron chi connectivity index (χ3n) is 3.44. The number of nitrogens with one attached hydrogen (secondary N) is 1. The molecule has 0 spiro atoms. The highest BCUT2D eigenvalue weighted by Crippen LogP contribution is 2.29. The van der Waals surface area contributed by atoms with Crippen molar-refractivity contribution in [3.8, 4) is 0 Å². The number of carbonyl (C=O) groups is 1. The Labute approximate surface area is 162 Å². The molecule has 1 heterocycles. The van der Waals surface area contributed by atoms with E-state index in [9.17, 15) is 13.2 Å². The Morgan fingerprint density at radius 3 is 2.62 bits per heavy atom. The van der Waals surface area contributed by atoms with Crippen LogP contribution in [0.2, 0.25) is 0 Å². The van der Waals surface area contributed by atoms with Crippen LogP contribution in [-0.2, 0) is 14.8 Å². The van der Waals surface area contributed by atoms with E-state index in [-0.39, 0.29) is 12.5 Å². The number of hydrogen-bond acceptors (Lipinski definition) is 7. The molecule has 10 heteroatoms. The van der Waals surface area contributed by atoms with Gasteiger partial charge < -0.3 is 0 Å². The van der Waals surface area contributed by atoms with Gasteiger partial charge in [0.1, 0.15) is 6.54 Å². The molecule has 0 aliphatic rings. The lowest BCUT2D eigenvalue weighted by molar-refractivity contribution is -0.114. The van der Waals surface area contributed by atoms with Crippen LogP contribution in [0.1, 0.15) is 32.3 Å². The second kappa shape index (κ2) is 8.83. The third-order valence-corrected chi connectivity index (χ3v) is 6.42. The topological polar surface area (TPSA) is 92.3 Å². The summed E-state index contributed by atoms with van der Waals surface area (Å²) >= 11 is 2.80. The highest BCUT2D eigenvalue weighted by atomic mass is 32.2. The van der Waals surface area contributed by atoms with Crippen LogP contribution in [-0.4, -0.2) is 43.1 Å². The van der Waals surface area contributed by atoms with Crippen LogP contribution in [0.15, 0.2) is 28.6 Å². The van der Waals surface area contributed by atoms with Crippen LogP contribution in [0.5, 0.6) is 0 Å². The maximum atomic E-state index is 12.4. The zero-order valence-electron chi connectivity index (χ0n) is 15.1. The predicted octanol–water partition coefficient (Wildman–Crippen LogP) is 3.18. The largest absolute Gasteiger partial charge is 0.299 e. The van der Waals surface area contributed by atoms with E-state index in [2.05, 4.69) is 15.5 Å². The van der Waals surface area contributed by atoms with E-state index >= 15 is 0 Å². The molecule has 0 bridgehead atoms. The van der Waals surface area contributed by atoms with Crippen molar-refractivity contribution in [2.75, 3.05) is 28.2 Å². The van der Waals surface area contributed by atoms with Gasteiger partial charge in [-0.25, -0.2) is 8.42 Å². The second-order valence-electron chi connectivity index (χ2n) is 5.84. The fourth-order valence-corrected chi connectivity index (χ4v) is 4.86. The molecule has 0 saturated heterocycles. The Hall–Kier alpha value is -1.65. The number of hydrogen-bond donors (Lipinski definition) is 1. The molecule has 0 aliphatic carbocycles. The van der Waals surface area contributed by atoms with Gasteiger partial charge in [0.05, 0.1) is 11.9 Å².